The standard InChI is InChI=1S/C36H36F2N6O2/c1-4-26-29(37)11-8-22-6-5-7-27(30(22)26)32-31(38)33-28(15-39-32)34(43-17-23-9-10-24(18-43)40-23)42-35(41-33)46-20-36-13-12-25(19-45-3)44(36)16-21(2)14-36/h1,5-8,11,15,23-25,40H,2,9-10,12-14,16-20H2,3H3/t23-,24+,25-,36+/m0/s1. The second-order valence-electron chi connectivity index (χ2n) is 13.2. The number of benzene rings is 2. The van der Waals surface area contributed by atoms with Crippen molar-refractivity contribution in [2.24, 2.45) is 0 Å². The van der Waals surface area contributed by atoms with E-state index < -0.39 is 11.6 Å². The van der Waals surface area contributed by atoms with E-state index in [-0.39, 0.29) is 28.3 Å². The highest BCUT2D eigenvalue weighted by molar-refractivity contribution is 6.02. The van der Waals surface area contributed by atoms with Crippen LogP contribution in [0.25, 0.3) is 32.9 Å². The zero-order valence-electron chi connectivity index (χ0n) is 25.9. The zero-order chi connectivity index (χ0) is 31.6. The van der Waals surface area contributed by atoms with Crippen LogP contribution in [0.3, 0.4) is 0 Å². The van der Waals surface area contributed by atoms with Crippen LogP contribution >= 0.6 is 0 Å². The van der Waals surface area contributed by atoms with Crippen LogP contribution in [0.2, 0.25) is 0 Å². The Labute approximate surface area is 266 Å². The second kappa shape index (κ2) is 11.3. The Bertz CT molecular complexity index is 1910. The van der Waals surface area contributed by atoms with Gasteiger partial charge < -0.3 is 19.7 Å². The Hall–Kier alpha value is -4.17. The van der Waals surface area contributed by atoms with Crippen molar-refractivity contribution in [3.05, 3.63) is 65.9 Å². The lowest BCUT2D eigenvalue weighted by Crippen LogP contribution is -2.51. The molecule has 4 saturated heterocycles. The van der Waals surface area contributed by atoms with E-state index >= 15 is 4.39 Å². The van der Waals surface area contributed by atoms with Gasteiger partial charge in [-0.3, -0.25) is 9.88 Å². The number of anilines is 1. The summed E-state index contributed by atoms with van der Waals surface area (Å²) in [6.07, 6.45) is 12.3. The summed E-state index contributed by atoms with van der Waals surface area (Å²) in [4.78, 5) is 18.8. The van der Waals surface area contributed by atoms with Crippen LogP contribution in [0, 0.1) is 24.0 Å². The maximum Gasteiger partial charge on any atom is 0.319 e. The number of pyridine rings is 1. The zero-order valence-corrected chi connectivity index (χ0v) is 25.9. The first kappa shape index (κ1) is 29.2. The number of piperazine rings is 1. The first-order valence-electron chi connectivity index (χ1n) is 16.0. The number of terminal acetylenes is 1. The highest BCUT2D eigenvalue weighted by Crippen LogP contribution is 2.45. The van der Waals surface area contributed by atoms with Crippen molar-refractivity contribution in [3.8, 4) is 29.6 Å². The van der Waals surface area contributed by atoms with Crippen molar-refractivity contribution in [2.75, 3.05) is 44.9 Å². The highest BCUT2D eigenvalue weighted by Gasteiger charge is 2.51. The lowest BCUT2D eigenvalue weighted by Gasteiger charge is -2.35. The lowest BCUT2D eigenvalue weighted by atomic mass is 9.94. The number of hydrogen-bond acceptors (Lipinski definition) is 8. The Morgan fingerprint density at radius 1 is 1.13 bits per heavy atom. The topological polar surface area (TPSA) is 75.6 Å². The molecule has 0 saturated carbocycles. The van der Waals surface area contributed by atoms with Crippen molar-refractivity contribution in [1.29, 1.82) is 0 Å². The molecule has 8 nitrogen and oxygen atoms in total. The van der Waals surface area contributed by atoms with Gasteiger partial charge in [-0.2, -0.15) is 9.97 Å². The summed E-state index contributed by atoms with van der Waals surface area (Å²) in [5.41, 5.74) is 1.57. The molecule has 1 N–H and O–H groups in total. The van der Waals surface area contributed by atoms with Gasteiger partial charge in [0.05, 0.1) is 23.1 Å². The van der Waals surface area contributed by atoms with Gasteiger partial charge in [-0.25, -0.2) is 8.78 Å². The van der Waals surface area contributed by atoms with Crippen LogP contribution < -0.4 is 15.0 Å². The molecule has 6 heterocycles. The van der Waals surface area contributed by atoms with E-state index in [1.54, 1.807) is 31.5 Å². The van der Waals surface area contributed by atoms with E-state index in [0.29, 0.717) is 58.9 Å². The number of halogens is 2. The van der Waals surface area contributed by atoms with Crippen LogP contribution in [0.15, 0.2) is 48.7 Å². The van der Waals surface area contributed by atoms with Crippen LogP contribution in [-0.4, -0.2) is 83.5 Å². The van der Waals surface area contributed by atoms with Gasteiger partial charge in [-0.15, -0.1) is 6.42 Å². The average Bonchev–Trinajstić information content (AvgIpc) is 3.69. The fourth-order valence-electron chi connectivity index (χ4n) is 8.32. The van der Waals surface area contributed by atoms with Crippen molar-refractivity contribution in [1.82, 2.24) is 25.2 Å². The molecule has 4 fully saturated rings. The molecule has 10 heteroatoms. The Kier molecular flexibility index (Phi) is 7.16. The number of aromatic nitrogens is 3. The average molecular weight is 623 g/mol. The summed E-state index contributed by atoms with van der Waals surface area (Å²) in [6.45, 7) is 7.59. The fraction of sp³-hybridized carbons (Fsp3) is 0.417. The third-order valence-electron chi connectivity index (χ3n) is 10.3. The highest BCUT2D eigenvalue weighted by atomic mass is 19.1. The normalized spacial score (nSPS) is 25.8. The quantitative estimate of drug-likeness (QED) is 0.222. The summed E-state index contributed by atoms with van der Waals surface area (Å²) < 4.78 is 43.6. The molecule has 2 aromatic heterocycles. The summed E-state index contributed by atoms with van der Waals surface area (Å²) in [6, 6.07) is 9.39. The largest absolute Gasteiger partial charge is 0.461 e. The van der Waals surface area contributed by atoms with Gasteiger partial charge in [-0.05, 0) is 43.6 Å². The first-order valence-corrected chi connectivity index (χ1v) is 16.0. The summed E-state index contributed by atoms with van der Waals surface area (Å²) in [7, 11) is 1.73. The van der Waals surface area contributed by atoms with Crippen molar-refractivity contribution in [2.45, 2.75) is 55.8 Å². The van der Waals surface area contributed by atoms with E-state index in [1.807, 2.05) is 6.07 Å². The molecule has 2 aromatic carbocycles. The molecule has 46 heavy (non-hydrogen) atoms. The second-order valence-corrected chi connectivity index (χ2v) is 13.2. The molecular formula is C36H36F2N6O2. The Morgan fingerprint density at radius 2 is 1.96 bits per heavy atom. The van der Waals surface area contributed by atoms with Gasteiger partial charge in [-0.1, -0.05) is 42.3 Å². The Balaban J connectivity index is 1.24. The van der Waals surface area contributed by atoms with Crippen LogP contribution in [-0.2, 0) is 4.74 Å². The van der Waals surface area contributed by atoms with Gasteiger partial charge in [0.1, 0.15) is 29.5 Å². The van der Waals surface area contributed by atoms with Gasteiger partial charge in [0, 0.05) is 62.0 Å². The minimum Gasteiger partial charge on any atom is -0.461 e. The fourth-order valence-corrected chi connectivity index (χ4v) is 8.32. The van der Waals surface area contributed by atoms with E-state index in [9.17, 15) is 4.39 Å². The maximum absolute atomic E-state index is 16.8. The van der Waals surface area contributed by atoms with Crippen molar-refractivity contribution in [3.63, 3.8) is 0 Å². The van der Waals surface area contributed by atoms with E-state index in [1.165, 1.54) is 11.6 Å². The van der Waals surface area contributed by atoms with E-state index in [2.05, 4.69) is 37.6 Å². The molecule has 4 aliphatic heterocycles. The molecule has 2 bridgehead atoms. The lowest BCUT2D eigenvalue weighted by molar-refractivity contribution is 0.0522. The number of rotatable bonds is 7. The number of fused-ring (bicyclic) bond motifs is 5. The molecule has 8 rings (SSSR count). The predicted molar refractivity (Wildman–Crippen MR) is 174 cm³/mol. The van der Waals surface area contributed by atoms with Crippen LogP contribution in [0.5, 0.6) is 6.01 Å². The SMILES string of the molecule is C#Cc1c(F)ccc2cccc(-c3ncc4c(N5C[C@H]6CC[C@@H](C5)N6)nc(OC[C@]56CC[C@@H](COC)N5CC(=C)C6)nc4c3F)c12. The van der Waals surface area contributed by atoms with Gasteiger partial charge in [0.2, 0.25) is 0 Å². The molecule has 4 atom stereocenters. The molecular weight excluding hydrogens is 586 g/mol. The summed E-state index contributed by atoms with van der Waals surface area (Å²) in [5, 5.41) is 5.30. The van der Waals surface area contributed by atoms with E-state index in [4.69, 9.17) is 20.9 Å². The molecule has 0 unspecified atom stereocenters. The van der Waals surface area contributed by atoms with E-state index in [0.717, 1.165) is 51.7 Å². The molecule has 0 spiro atoms. The molecule has 236 valence electrons. The van der Waals surface area contributed by atoms with Gasteiger partial charge in [0.15, 0.2) is 5.82 Å². The van der Waals surface area contributed by atoms with Crippen LogP contribution in [0.1, 0.15) is 37.7 Å². The van der Waals surface area contributed by atoms with Crippen molar-refractivity contribution < 1.29 is 18.3 Å². The Morgan fingerprint density at radius 3 is 2.74 bits per heavy atom. The third kappa shape index (κ3) is 4.72. The monoisotopic (exact) mass is 622 g/mol. The molecule has 0 aliphatic carbocycles. The molecule has 0 amide bonds. The summed E-state index contributed by atoms with van der Waals surface area (Å²) >= 11 is 0. The van der Waals surface area contributed by atoms with Gasteiger partial charge >= 0.3 is 6.01 Å². The minimum absolute atomic E-state index is 0.0474. The van der Waals surface area contributed by atoms with Crippen molar-refractivity contribution >= 4 is 27.5 Å². The molecule has 4 aromatic rings. The first-order chi connectivity index (χ1) is 22.4. The number of nitrogens with zero attached hydrogens (tertiary/aromatic N) is 5. The smallest absolute Gasteiger partial charge is 0.319 e. The van der Waals surface area contributed by atoms with Crippen LogP contribution in [0.4, 0.5) is 14.6 Å². The molecule has 0 radical (unpaired) electrons. The number of ether oxygens (including phenoxy) is 2. The third-order valence-corrected chi connectivity index (χ3v) is 10.3. The number of nitrogens with one attached hydrogen (secondary N) is 1. The number of hydrogen-bond donors (Lipinski definition) is 1. The maximum atomic E-state index is 16.8. The van der Waals surface area contributed by atoms with Gasteiger partial charge in [0.25, 0.3) is 0 Å². The summed E-state index contributed by atoms with van der Waals surface area (Å²) in [5.74, 6) is 1.90. The molecule has 4 aliphatic rings. The number of methoxy groups -OCH3 is 1. The predicted octanol–water partition coefficient (Wildman–Crippen LogP) is 5.23. The minimum atomic E-state index is -0.626.